The number of H-pyrrole nitrogens is 1. The van der Waals surface area contributed by atoms with Crippen LogP contribution in [0, 0.1) is 6.92 Å². The molecule has 2 aromatic rings. The molecule has 0 aliphatic heterocycles. The Bertz CT molecular complexity index is 597. The number of carbonyl (C=O) groups is 1. The molecule has 2 aromatic heterocycles. The summed E-state index contributed by atoms with van der Waals surface area (Å²) in [5.74, 6) is -0.406. The zero-order valence-corrected chi connectivity index (χ0v) is 8.35. The number of carboxylic acids is 1. The second-order valence-electron chi connectivity index (χ2n) is 3.17. The van der Waals surface area contributed by atoms with Gasteiger partial charge in [0.2, 0.25) is 0 Å². The standard InChI is InChI=1S/C10H8N2O4/c1-5-6(2-3-16-5)8-11-4-7(10(14)15)9(13)12-8/h2-4H,1H3,(H,14,15)(H,11,12,13). The van der Waals surface area contributed by atoms with E-state index < -0.39 is 11.5 Å². The maximum Gasteiger partial charge on any atom is 0.342 e. The van der Waals surface area contributed by atoms with Gasteiger partial charge in [-0.2, -0.15) is 0 Å². The van der Waals surface area contributed by atoms with Gasteiger partial charge in [0.05, 0.1) is 11.8 Å². The van der Waals surface area contributed by atoms with Gasteiger partial charge in [0, 0.05) is 6.20 Å². The molecule has 2 rings (SSSR count). The topological polar surface area (TPSA) is 96.2 Å². The third kappa shape index (κ3) is 1.60. The summed E-state index contributed by atoms with van der Waals surface area (Å²) in [6.45, 7) is 1.72. The lowest BCUT2D eigenvalue weighted by Crippen LogP contribution is -2.18. The summed E-state index contributed by atoms with van der Waals surface area (Å²) in [7, 11) is 0. The van der Waals surface area contributed by atoms with Gasteiger partial charge in [0.1, 0.15) is 17.1 Å². The molecule has 16 heavy (non-hydrogen) atoms. The lowest BCUT2D eigenvalue weighted by atomic mass is 10.2. The Hall–Kier alpha value is -2.37. The molecular weight excluding hydrogens is 212 g/mol. The monoisotopic (exact) mass is 220 g/mol. The first kappa shape index (κ1) is 10.2. The molecule has 0 aliphatic carbocycles. The number of aryl methyl sites for hydroxylation is 1. The van der Waals surface area contributed by atoms with Crippen molar-refractivity contribution in [2.24, 2.45) is 0 Å². The van der Waals surface area contributed by atoms with Crippen LogP contribution in [-0.4, -0.2) is 21.0 Å². The van der Waals surface area contributed by atoms with Gasteiger partial charge >= 0.3 is 5.97 Å². The number of hydrogen-bond donors (Lipinski definition) is 2. The number of hydrogen-bond acceptors (Lipinski definition) is 4. The summed E-state index contributed by atoms with van der Waals surface area (Å²) in [5, 5.41) is 8.66. The van der Waals surface area contributed by atoms with Crippen molar-refractivity contribution in [3.8, 4) is 11.4 Å². The maximum atomic E-state index is 11.4. The van der Waals surface area contributed by atoms with E-state index in [4.69, 9.17) is 9.52 Å². The quantitative estimate of drug-likeness (QED) is 0.788. The van der Waals surface area contributed by atoms with Crippen LogP contribution in [0.4, 0.5) is 0 Å². The summed E-state index contributed by atoms with van der Waals surface area (Å²) in [4.78, 5) is 28.2. The van der Waals surface area contributed by atoms with Gasteiger partial charge in [0.15, 0.2) is 0 Å². The van der Waals surface area contributed by atoms with Crippen LogP contribution in [-0.2, 0) is 0 Å². The maximum absolute atomic E-state index is 11.4. The van der Waals surface area contributed by atoms with E-state index in [0.29, 0.717) is 17.1 Å². The first-order chi connectivity index (χ1) is 7.59. The molecule has 0 spiro atoms. The van der Waals surface area contributed by atoms with Gasteiger partial charge in [-0.15, -0.1) is 0 Å². The molecule has 0 saturated carbocycles. The molecule has 6 nitrogen and oxygen atoms in total. The summed E-state index contributed by atoms with van der Waals surface area (Å²) in [6.07, 6.45) is 2.50. The summed E-state index contributed by atoms with van der Waals surface area (Å²) in [6, 6.07) is 1.65. The fraction of sp³-hybridized carbons (Fsp3) is 0.100. The Labute approximate surface area is 89.6 Å². The highest BCUT2D eigenvalue weighted by molar-refractivity contribution is 5.86. The van der Waals surface area contributed by atoms with Crippen LogP contribution >= 0.6 is 0 Å². The molecule has 6 heteroatoms. The fourth-order valence-corrected chi connectivity index (χ4v) is 1.31. The van der Waals surface area contributed by atoms with Gasteiger partial charge in [-0.25, -0.2) is 9.78 Å². The second kappa shape index (κ2) is 3.65. The van der Waals surface area contributed by atoms with Crippen LogP contribution in [0.2, 0.25) is 0 Å². The average Bonchev–Trinajstić information content (AvgIpc) is 2.63. The van der Waals surface area contributed by atoms with E-state index in [2.05, 4.69) is 9.97 Å². The van der Waals surface area contributed by atoms with E-state index in [-0.39, 0.29) is 5.56 Å². The number of furan rings is 1. The Morgan fingerprint density at radius 2 is 2.31 bits per heavy atom. The van der Waals surface area contributed by atoms with Crippen LogP contribution in [0.1, 0.15) is 16.1 Å². The van der Waals surface area contributed by atoms with E-state index in [9.17, 15) is 9.59 Å². The molecule has 0 aromatic carbocycles. The van der Waals surface area contributed by atoms with Crippen molar-refractivity contribution in [1.29, 1.82) is 0 Å². The SMILES string of the molecule is Cc1occc1-c1ncc(C(=O)O)c(=O)[nH]1. The number of carboxylic acid groups (broad SMARTS) is 1. The minimum Gasteiger partial charge on any atom is -0.477 e. The lowest BCUT2D eigenvalue weighted by molar-refractivity contribution is 0.0694. The second-order valence-corrected chi connectivity index (χ2v) is 3.17. The molecule has 2 N–H and O–H groups in total. The van der Waals surface area contributed by atoms with E-state index in [1.165, 1.54) is 6.26 Å². The predicted molar refractivity (Wildman–Crippen MR) is 54.3 cm³/mol. The zero-order chi connectivity index (χ0) is 11.7. The molecular formula is C10H8N2O4. The van der Waals surface area contributed by atoms with Gasteiger partial charge in [-0.1, -0.05) is 0 Å². The van der Waals surface area contributed by atoms with Gasteiger partial charge in [-0.3, -0.25) is 4.79 Å². The number of nitrogens with zero attached hydrogens (tertiary/aromatic N) is 1. The van der Waals surface area contributed by atoms with Crippen LogP contribution in [0.3, 0.4) is 0 Å². The third-order valence-corrected chi connectivity index (χ3v) is 2.14. The predicted octanol–water partition coefficient (Wildman–Crippen LogP) is 1.04. The van der Waals surface area contributed by atoms with Gasteiger partial charge < -0.3 is 14.5 Å². The number of aromatic amines is 1. The van der Waals surface area contributed by atoms with Crippen molar-refractivity contribution in [3.63, 3.8) is 0 Å². The van der Waals surface area contributed by atoms with Crippen molar-refractivity contribution < 1.29 is 14.3 Å². The zero-order valence-electron chi connectivity index (χ0n) is 8.35. The minimum absolute atomic E-state index is 0.293. The highest BCUT2D eigenvalue weighted by Gasteiger charge is 2.12. The lowest BCUT2D eigenvalue weighted by Gasteiger charge is -1.98. The molecule has 0 radical (unpaired) electrons. The fourth-order valence-electron chi connectivity index (χ4n) is 1.31. The Morgan fingerprint density at radius 3 is 2.81 bits per heavy atom. The van der Waals surface area contributed by atoms with Crippen molar-refractivity contribution in [2.75, 3.05) is 0 Å². The van der Waals surface area contributed by atoms with Crippen LogP contribution < -0.4 is 5.56 Å². The van der Waals surface area contributed by atoms with Crippen molar-refractivity contribution in [1.82, 2.24) is 9.97 Å². The van der Waals surface area contributed by atoms with Crippen LogP contribution in [0.5, 0.6) is 0 Å². The van der Waals surface area contributed by atoms with Crippen molar-refractivity contribution in [2.45, 2.75) is 6.92 Å². The van der Waals surface area contributed by atoms with Crippen LogP contribution in [0.15, 0.2) is 27.7 Å². The third-order valence-electron chi connectivity index (χ3n) is 2.14. The molecule has 2 heterocycles. The first-order valence-electron chi connectivity index (χ1n) is 4.46. The number of rotatable bonds is 2. The first-order valence-corrected chi connectivity index (χ1v) is 4.46. The van der Waals surface area contributed by atoms with E-state index in [1.807, 2.05) is 0 Å². The van der Waals surface area contributed by atoms with Gasteiger partial charge in [-0.05, 0) is 13.0 Å². The molecule has 0 fully saturated rings. The van der Waals surface area contributed by atoms with Gasteiger partial charge in [0.25, 0.3) is 5.56 Å². The molecule has 82 valence electrons. The summed E-state index contributed by atoms with van der Waals surface area (Å²) in [5.41, 5.74) is -0.433. The minimum atomic E-state index is -1.30. The summed E-state index contributed by atoms with van der Waals surface area (Å²) < 4.78 is 5.06. The largest absolute Gasteiger partial charge is 0.477 e. The molecule has 0 saturated heterocycles. The Kier molecular flexibility index (Phi) is 2.32. The number of aromatic nitrogens is 2. The Balaban J connectivity index is 2.55. The average molecular weight is 220 g/mol. The van der Waals surface area contributed by atoms with E-state index in [1.54, 1.807) is 13.0 Å². The van der Waals surface area contributed by atoms with Crippen LogP contribution in [0.25, 0.3) is 11.4 Å². The smallest absolute Gasteiger partial charge is 0.342 e. The Morgan fingerprint density at radius 1 is 1.56 bits per heavy atom. The molecule has 0 aliphatic rings. The molecule has 0 atom stereocenters. The van der Waals surface area contributed by atoms with Crippen molar-refractivity contribution >= 4 is 5.97 Å². The highest BCUT2D eigenvalue weighted by Crippen LogP contribution is 2.18. The van der Waals surface area contributed by atoms with Crippen molar-refractivity contribution in [3.05, 3.63) is 40.2 Å². The van der Waals surface area contributed by atoms with E-state index in [0.717, 1.165) is 6.20 Å². The number of nitrogens with one attached hydrogen (secondary N) is 1. The summed E-state index contributed by atoms with van der Waals surface area (Å²) >= 11 is 0. The van der Waals surface area contributed by atoms with E-state index >= 15 is 0 Å². The number of aromatic carboxylic acids is 1. The molecule has 0 amide bonds. The normalized spacial score (nSPS) is 10.3. The molecule has 0 bridgehead atoms. The molecule has 0 unspecified atom stereocenters. The highest BCUT2D eigenvalue weighted by atomic mass is 16.4.